The maximum absolute atomic E-state index is 12.7. The lowest BCUT2D eigenvalue weighted by molar-refractivity contribution is -0.273. The van der Waals surface area contributed by atoms with Crippen molar-refractivity contribution in [2.75, 3.05) is 0 Å². The van der Waals surface area contributed by atoms with E-state index >= 15 is 0 Å². The fourth-order valence-electron chi connectivity index (χ4n) is 0.462. The first-order valence-corrected chi connectivity index (χ1v) is 3.68. The van der Waals surface area contributed by atoms with E-state index in [4.69, 9.17) is 0 Å². The van der Waals surface area contributed by atoms with Gasteiger partial charge in [0, 0.05) is 0 Å². The monoisotopic (exact) mass is 294 g/mol. The van der Waals surface area contributed by atoms with Crippen molar-refractivity contribution in [3.63, 3.8) is 0 Å². The summed E-state index contributed by atoms with van der Waals surface area (Å²) in [6.07, 6.45) is -12.9. The van der Waals surface area contributed by atoms with Gasteiger partial charge in [-0.15, -0.1) is 0 Å². The van der Waals surface area contributed by atoms with E-state index in [0.717, 1.165) is 0 Å². The topological polar surface area (TPSA) is 9.23 Å². The van der Waals surface area contributed by atoms with Gasteiger partial charge in [-0.25, -0.2) is 8.78 Å². The van der Waals surface area contributed by atoms with E-state index in [1.54, 1.807) is 0 Å². The number of rotatable bonds is 4. The maximum Gasteiger partial charge on any atom is 0.456 e. The highest BCUT2D eigenvalue weighted by atomic mass is 35.5. The number of hydrogen-bond donors (Lipinski definition) is 0. The van der Waals surface area contributed by atoms with Gasteiger partial charge >= 0.3 is 29.4 Å². The average Bonchev–Trinajstić information content (AvgIpc) is 2.14. The van der Waals surface area contributed by atoms with Crippen LogP contribution in [0.3, 0.4) is 0 Å². The van der Waals surface area contributed by atoms with E-state index in [0.29, 0.717) is 0 Å². The summed E-state index contributed by atoms with van der Waals surface area (Å²) in [7, 11) is 0. The predicted octanol–water partition coefficient (Wildman–Crippen LogP) is 4.61. The van der Waals surface area contributed by atoms with Gasteiger partial charge in [0.25, 0.3) is 0 Å². The minimum atomic E-state index is -5.82. The van der Waals surface area contributed by atoms with Crippen molar-refractivity contribution in [2.24, 2.45) is 0 Å². The first kappa shape index (κ1) is 15.9. The molecule has 0 saturated carbocycles. The Morgan fingerprint density at radius 1 is 0.824 bits per heavy atom. The Bertz CT molecular complexity index is 352. The molecule has 1 atom stereocenters. The van der Waals surface area contributed by atoms with Crippen molar-refractivity contribution in [2.45, 2.75) is 11.2 Å². The van der Waals surface area contributed by atoms with Gasteiger partial charge in [0.15, 0.2) is 0 Å². The van der Waals surface area contributed by atoms with Gasteiger partial charge in [-0.05, 0) is 0 Å². The Balaban J connectivity index is 5.33. The summed E-state index contributed by atoms with van der Waals surface area (Å²) in [6.45, 7) is 0. The highest BCUT2D eigenvalue weighted by Crippen LogP contribution is 2.46. The summed E-state index contributed by atoms with van der Waals surface area (Å²) in [4.78, 5) is 0. The summed E-state index contributed by atoms with van der Waals surface area (Å²) in [5.74, 6) is -3.49. The molecule has 1 unspecified atom stereocenters. The van der Waals surface area contributed by atoms with Crippen LogP contribution in [0.4, 0.5) is 39.5 Å². The van der Waals surface area contributed by atoms with Crippen LogP contribution in [-0.4, -0.2) is 11.2 Å². The van der Waals surface area contributed by atoms with Crippen molar-refractivity contribution >= 4 is 11.6 Å². The molecular formula is C6ClF9O. The molecule has 0 saturated heterocycles. The Labute approximate surface area is 92.1 Å². The molecule has 0 aromatic carbocycles. The van der Waals surface area contributed by atoms with Crippen molar-refractivity contribution in [1.82, 2.24) is 0 Å². The molecule has 0 bridgehead atoms. The molecule has 0 aliphatic carbocycles. The molecule has 0 N–H and O–H groups in total. The molecule has 0 heterocycles. The van der Waals surface area contributed by atoms with Gasteiger partial charge in [0.05, 0.1) is 0 Å². The molecule has 0 aliphatic heterocycles. The van der Waals surface area contributed by atoms with Crippen LogP contribution < -0.4 is 0 Å². The lowest BCUT2D eigenvalue weighted by atomic mass is 10.3. The van der Waals surface area contributed by atoms with E-state index in [-0.39, 0.29) is 0 Å². The molecule has 17 heavy (non-hydrogen) atoms. The fourth-order valence-corrected chi connectivity index (χ4v) is 0.572. The first-order valence-electron chi connectivity index (χ1n) is 3.30. The molecule has 0 rings (SSSR count). The lowest BCUT2D eigenvalue weighted by Gasteiger charge is -2.24. The van der Waals surface area contributed by atoms with Gasteiger partial charge in [-0.2, -0.15) is 30.7 Å². The molecule has 100 valence electrons. The summed E-state index contributed by atoms with van der Waals surface area (Å²) in [5.41, 5.74) is 0. The SMILES string of the molecule is FC(F)=C(F)OC(F)(F)C(F)(Cl)C(F)=C(F)F. The van der Waals surface area contributed by atoms with Gasteiger partial charge in [-0.3, -0.25) is 0 Å². The van der Waals surface area contributed by atoms with E-state index < -0.39 is 35.2 Å². The third-order valence-electron chi connectivity index (χ3n) is 1.17. The lowest BCUT2D eigenvalue weighted by Crippen LogP contribution is -2.42. The minimum absolute atomic E-state index is 2.35. The largest absolute Gasteiger partial charge is 0.456 e. The zero-order valence-corrected chi connectivity index (χ0v) is 7.94. The maximum atomic E-state index is 12.7. The normalized spacial score (nSPS) is 14.9. The molecule has 0 aromatic rings. The molecular weight excluding hydrogens is 294 g/mol. The molecule has 0 aromatic heterocycles. The Hall–Kier alpha value is -1.06. The summed E-state index contributed by atoms with van der Waals surface area (Å²) < 4.78 is 110. The molecule has 0 spiro atoms. The van der Waals surface area contributed by atoms with Gasteiger partial charge in [0.1, 0.15) is 0 Å². The standard InChI is InChI=1S/C6ClF9O/c7-5(14,1(8)2(9)10)6(15,16)17-4(13)3(11)12. The Morgan fingerprint density at radius 3 is 1.53 bits per heavy atom. The third kappa shape index (κ3) is 3.45. The van der Waals surface area contributed by atoms with Gasteiger partial charge in [0.2, 0.25) is 5.83 Å². The van der Waals surface area contributed by atoms with E-state index in [9.17, 15) is 39.5 Å². The Morgan fingerprint density at radius 2 is 1.24 bits per heavy atom. The van der Waals surface area contributed by atoms with Crippen molar-refractivity contribution in [1.29, 1.82) is 0 Å². The summed E-state index contributed by atoms with van der Waals surface area (Å²) in [5, 5.41) is -5.33. The smallest absolute Gasteiger partial charge is 0.398 e. The zero-order valence-electron chi connectivity index (χ0n) is 7.19. The number of ether oxygens (including phenoxy) is 1. The molecule has 11 heteroatoms. The fraction of sp³-hybridized carbons (Fsp3) is 0.333. The second-order valence-electron chi connectivity index (χ2n) is 2.30. The van der Waals surface area contributed by atoms with Gasteiger partial charge in [-0.1, -0.05) is 11.6 Å². The molecule has 0 amide bonds. The summed E-state index contributed by atoms with van der Waals surface area (Å²) in [6, 6.07) is -3.29. The molecule has 0 aliphatic rings. The highest BCUT2D eigenvalue weighted by molar-refractivity contribution is 6.25. The Kier molecular flexibility index (Phi) is 4.75. The van der Waals surface area contributed by atoms with Crippen LogP contribution in [0.15, 0.2) is 24.0 Å². The summed E-state index contributed by atoms with van der Waals surface area (Å²) >= 11 is 4.03. The van der Waals surface area contributed by atoms with Gasteiger partial charge < -0.3 is 4.74 Å². The second kappa shape index (κ2) is 5.07. The zero-order chi connectivity index (χ0) is 14.0. The second-order valence-corrected chi connectivity index (χ2v) is 2.82. The highest BCUT2D eigenvalue weighted by Gasteiger charge is 2.63. The van der Waals surface area contributed by atoms with Crippen LogP contribution in [0, 0.1) is 0 Å². The molecule has 0 radical (unpaired) electrons. The van der Waals surface area contributed by atoms with E-state index in [1.807, 2.05) is 0 Å². The number of hydrogen-bond acceptors (Lipinski definition) is 1. The van der Waals surface area contributed by atoms with E-state index in [1.165, 1.54) is 0 Å². The van der Waals surface area contributed by atoms with Crippen LogP contribution in [0.5, 0.6) is 0 Å². The number of halogens is 10. The van der Waals surface area contributed by atoms with Crippen LogP contribution in [0.1, 0.15) is 0 Å². The van der Waals surface area contributed by atoms with Crippen LogP contribution >= 0.6 is 11.6 Å². The van der Waals surface area contributed by atoms with Crippen molar-refractivity contribution < 1.29 is 44.3 Å². The van der Waals surface area contributed by atoms with Crippen molar-refractivity contribution in [3.8, 4) is 0 Å². The van der Waals surface area contributed by atoms with E-state index in [2.05, 4.69) is 16.3 Å². The molecule has 0 fully saturated rings. The third-order valence-corrected chi connectivity index (χ3v) is 1.56. The number of alkyl halides is 4. The minimum Gasteiger partial charge on any atom is -0.398 e. The quantitative estimate of drug-likeness (QED) is 0.418. The van der Waals surface area contributed by atoms with Crippen LogP contribution in [0.2, 0.25) is 0 Å². The van der Waals surface area contributed by atoms with Crippen LogP contribution in [0.25, 0.3) is 0 Å². The first-order chi connectivity index (χ1) is 7.43. The van der Waals surface area contributed by atoms with Crippen LogP contribution in [-0.2, 0) is 4.74 Å². The molecule has 1 nitrogen and oxygen atoms in total. The average molecular weight is 294 g/mol. The predicted molar refractivity (Wildman–Crippen MR) is 36.4 cm³/mol. The van der Waals surface area contributed by atoms with Crippen molar-refractivity contribution in [3.05, 3.63) is 24.0 Å².